The van der Waals surface area contributed by atoms with Gasteiger partial charge < -0.3 is 10.2 Å². The molecule has 2 aromatic rings. The van der Waals surface area contributed by atoms with Gasteiger partial charge in [0, 0.05) is 18.1 Å². The SMILES string of the molecule is O=[N+]([O-])c1ccc(C(CO)CC(O)c2ccc(Cl)c(Cl)c2)cc1. The lowest BCUT2D eigenvalue weighted by molar-refractivity contribution is -0.384. The van der Waals surface area contributed by atoms with Crippen molar-refractivity contribution in [2.75, 3.05) is 6.61 Å². The Morgan fingerprint density at radius 3 is 2.17 bits per heavy atom. The lowest BCUT2D eigenvalue weighted by Gasteiger charge is -2.19. The molecule has 5 nitrogen and oxygen atoms in total. The molecule has 0 spiro atoms. The Hall–Kier alpha value is -1.66. The first-order valence-electron chi connectivity index (χ1n) is 6.90. The van der Waals surface area contributed by atoms with Gasteiger partial charge >= 0.3 is 0 Å². The van der Waals surface area contributed by atoms with E-state index < -0.39 is 11.0 Å². The van der Waals surface area contributed by atoms with E-state index in [1.165, 1.54) is 12.1 Å². The van der Waals surface area contributed by atoms with Crippen molar-refractivity contribution < 1.29 is 15.1 Å². The van der Waals surface area contributed by atoms with E-state index in [1.54, 1.807) is 30.3 Å². The Balaban J connectivity index is 2.14. The van der Waals surface area contributed by atoms with E-state index >= 15 is 0 Å². The minimum absolute atomic E-state index is 0.0181. The van der Waals surface area contributed by atoms with Crippen LogP contribution in [0.5, 0.6) is 0 Å². The van der Waals surface area contributed by atoms with Crippen molar-refractivity contribution in [1.82, 2.24) is 0 Å². The maximum absolute atomic E-state index is 10.7. The second-order valence-corrected chi connectivity index (χ2v) is 5.97. The van der Waals surface area contributed by atoms with Crippen LogP contribution in [0.15, 0.2) is 42.5 Å². The van der Waals surface area contributed by atoms with E-state index in [4.69, 9.17) is 23.2 Å². The van der Waals surface area contributed by atoms with Crippen molar-refractivity contribution in [2.24, 2.45) is 0 Å². The van der Waals surface area contributed by atoms with Crippen molar-refractivity contribution >= 4 is 28.9 Å². The van der Waals surface area contributed by atoms with Crippen molar-refractivity contribution in [3.05, 3.63) is 73.8 Å². The largest absolute Gasteiger partial charge is 0.396 e. The molecule has 2 rings (SSSR count). The van der Waals surface area contributed by atoms with Crippen molar-refractivity contribution in [1.29, 1.82) is 0 Å². The van der Waals surface area contributed by atoms with Gasteiger partial charge in [-0.2, -0.15) is 0 Å². The van der Waals surface area contributed by atoms with Crippen molar-refractivity contribution in [3.8, 4) is 0 Å². The summed E-state index contributed by atoms with van der Waals surface area (Å²) < 4.78 is 0. The highest BCUT2D eigenvalue weighted by Crippen LogP contribution is 2.32. The predicted octanol–water partition coefficient (Wildman–Crippen LogP) is 4.10. The van der Waals surface area contributed by atoms with Crippen LogP contribution in [-0.2, 0) is 0 Å². The third kappa shape index (κ3) is 4.42. The number of hydrogen-bond acceptors (Lipinski definition) is 4. The topological polar surface area (TPSA) is 83.6 Å². The van der Waals surface area contributed by atoms with E-state index in [9.17, 15) is 20.3 Å². The molecule has 0 aromatic heterocycles. The lowest BCUT2D eigenvalue weighted by atomic mass is 9.91. The minimum Gasteiger partial charge on any atom is -0.396 e. The predicted molar refractivity (Wildman–Crippen MR) is 89.0 cm³/mol. The molecule has 122 valence electrons. The summed E-state index contributed by atoms with van der Waals surface area (Å²) in [4.78, 5) is 10.2. The van der Waals surface area contributed by atoms with E-state index in [2.05, 4.69) is 0 Å². The number of aliphatic hydroxyl groups is 2. The molecular weight excluding hydrogens is 341 g/mol. The molecule has 7 heteroatoms. The van der Waals surface area contributed by atoms with Crippen molar-refractivity contribution in [3.63, 3.8) is 0 Å². The third-order valence-electron chi connectivity index (χ3n) is 3.63. The molecule has 0 amide bonds. The van der Waals surface area contributed by atoms with Gasteiger partial charge in [-0.05, 0) is 29.7 Å². The molecule has 2 N–H and O–H groups in total. The summed E-state index contributed by atoms with van der Waals surface area (Å²) in [6.07, 6.45) is -0.580. The molecule has 0 aliphatic carbocycles. The van der Waals surface area contributed by atoms with E-state index in [-0.39, 0.29) is 24.6 Å². The van der Waals surface area contributed by atoms with Gasteiger partial charge in [-0.25, -0.2) is 0 Å². The van der Waals surface area contributed by atoms with Gasteiger partial charge in [0.05, 0.1) is 27.7 Å². The van der Waals surface area contributed by atoms with Crippen LogP contribution < -0.4 is 0 Å². The molecule has 0 bridgehead atoms. The van der Waals surface area contributed by atoms with Gasteiger partial charge in [0.15, 0.2) is 0 Å². The fraction of sp³-hybridized carbons (Fsp3) is 0.250. The average Bonchev–Trinajstić information content (AvgIpc) is 2.55. The maximum atomic E-state index is 10.7. The zero-order chi connectivity index (χ0) is 17.0. The molecule has 0 aliphatic rings. The fourth-order valence-electron chi connectivity index (χ4n) is 2.31. The van der Waals surface area contributed by atoms with Gasteiger partial charge in [0.1, 0.15) is 0 Å². The van der Waals surface area contributed by atoms with Crippen LogP contribution in [0, 0.1) is 10.1 Å². The molecule has 0 aliphatic heterocycles. The number of benzene rings is 2. The van der Waals surface area contributed by atoms with Gasteiger partial charge in [0.2, 0.25) is 0 Å². The van der Waals surface area contributed by atoms with Gasteiger partial charge in [-0.15, -0.1) is 0 Å². The summed E-state index contributed by atoms with van der Waals surface area (Å²) in [5.74, 6) is -0.347. The average molecular weight is 356 g/mol. The maximum Gasteiger partial charge on any atom is 0.269 e. The molecule has 0 heterocycles. The second-order valence-electron chi connectivity index (χ2n) is 5.15. The number of aliphatic hydroxyl groups excluding tert-OH is 2. The van der Waals surface area contributed by atoms with Crippen LogP contribution in [0.1, 0.15) is 29.6 Å². The normalized spacial score (nSPS) is 13.6. The number of nitrogens with zero attached hydrogens (tertiary/aromatic N) is 1. The van der Waals surface area contributed by atoms with Crippen molar-refractivity contribution in [2.45, 2.75) is 18.4 Å². The highest BCUT2D eigenvalue weighted by Gasteiger charge is 2.19. The summed E-state index contributed by atoms with van der Waals surface area (Å²) in [6, 6.07) is 10.8. The zero-order valence-corrected chi connectivity index (χ0v) is 13.5. The highest BCUT2D eigenvalue weighted by atomic mass is 35.5. The highest BCUT2D eigenvalue weighted by molar-refractivity contribution is 6.42. The van der Waals surface area contributed by atoms with Crippen LogP contribution in [0.4, 0.5) is 5.69 Å². The van der Waals surface area contributed by atoms with E-state index in [0.29, 0.717) is 15.6 Å². The second kappa shape index (κ2) is 7.75. The summed E-state index contributed by atoms with van der Waals surface area (Å²) in [6.45, 7) is -0.184. The summed E-state index contributed by atoms with van der Waals surface area (Å²) in [7, 11) is 0. The summed E-state index contributed by atoms with van der Waals surface area (Å²) in [5, 5.41) is 31.3. The van der Waals surface area contributed by atoms with Crippen LogP contribution >= 0.6 is 23.2 Å². The molecule has 0 radical (unpaired) electrons. The molecule has 0 fully saturated rings. The molecule has 2 atom stereocenters. The van der Waals surface area contributed by atoms with E-state index in [1.807, 2.05) is 0 Å². The first-order chi connectivity index (χ1) is 10.9. The number of non-ortho nitro benzene ring substituents is 1. The third-order valence-corrected chi connectivity index (χ3v) is 4.37. The molecule has 2 unspecified atom stereocenters. The molecule has 0 saturated heterocycles. The van der Waals surface area contributed by atoms with Gasteiger partial charge in [-0.3, -0.25) is 10.1 Å². The Morgan fingerprint density at radius 2 is 1.65 bits per heavy atom. The first kappa shape index (κ1) is 17.7. The molecule has 23 heavy (non-hydrogen) atoms. The number of nitro benzene ring substituents is 1. The smallest absolute Gasteiger partial charge is 0.269 e. The molecule has 2 aromatic carbocycles. The first-order valence-corrected chi connectivity index (χ1v) is 7.66. The lowest BCUT2D eigenvalue weighted by Crippen LogP contribution is -2.10. The van der Waals surface area contributed by atoms with Crippen LogP contribution in [0.2, 0.25) is 10.0 Å². The Kier molecular flexibility index (Phi) is 5.96. The van der Waals surface area contributed by atoms with Gasteiger partial charge in [0.25, 0.3) is 5.69 Å². The summed E-state index contributed by atoms with van der Waals surface area (Å²) in [5.41, 5.74) is 1.30. The monoisotopic (exact) mass is 355 g/mol. The van der Waals surface area contributed by atoms with Crippen LogP contribution in [0.25, 0.3) is 0 Å². The number of rotatable bonds is 6. The Morgan fingerprint density at radius 1 is 1.04 bits per heavy atom. The molecular formula is C16H15Cl2NO4. The number of hydrogen-bond donors (Lipinski definition) is 2. The number of nitro groups is 1. The molecule has 0 saturated carbocycles. The van der Waals surface area contributed by atoms with Crippen LogP contribution in [-0.4, -0.2) is 21.7 Å². The fourth-order valence-corrected chi connectivity index (χ4v) is 2.62. The van der Waals surface area contributed by atoms with Gasteiger partial charge in [-0.1, -0.05) is 41.4 Å². The summed E-state index contributed by atoms with van der Waals surface area (Å²) >= 11 is 11.8. The van der Waals surface area contributed by atoms with Crippen LogP contribution in [0.3, 0.4) is 0 Å². The Labute approximate surface area is 143 Å². The zero-order valence-electron chi connectivity index (χ0n) is 12.0. The quantitative estimate of drug-likeness (QED) is 0.603. The Bertz CT molecular complexity index is 691. The minimum atomic E-state index is -0.836. The van der Waals surface area contributed by atoms with E-state index in [0.717, 1.165) is 5.56 Å². The standard InChI is InChI=1S/C16H15Cl2NO4/c17-14-6-3-11(7-15(14)18)16(21)8-12(9-20)10-1-4-13(5-2-10)19(22)23/h1-7,12,16,20-21H,8-9H2. The number of halogens is 2.